The van der Waals surface area contributed by atoms with Crippen molar-refractivity contribution < 1.29 is 19.4 Å². The van der Waals surface area contributed by atoms with E-state index in [0.29, 0.717) is 5.13 Å². The van der Waals surface area contributed by atoms with Gasteiger partial charge in [-0.3, -0.25) is 10.1 Å². The number of carbonyl (C=O) groups excluding carboxylic acids is 1. The van der Waals surface area contributed by atoms with Crippen molar-refractivity contribution in [2.75, 3.05) is 12.4 Å². The Balaban J connectivity index is 1.36. The number of pyridine rings is 1. The molecule has 1 aromatic carbocycles. The number of ether oxygens (including phenoxy) is 2. The second-order valence-electron chi connectivity index (χ2n) is 7.75. The number of fused-ring (bicyclic) bond motifs is 3. The average Bonchev–Trinajstić information content (AvgIpc) is 3.41. The normalized spacial score (nSPS) is 22.7. The fourth-order valence-electron chi connectivity index (χ4n) is 4.48. The van der Waals surface area contributed by atoms with Crippen LogP contribution in [-0.4, -0.2) is 33.7 Å². The molecule has 2 heterocycles. The van der Waals surface area contributed by atoms with Crippen LogP contribution >= 0.6 is 11.3 Å². The van der Waals surface area contributed by atoms with Crippen LogP contribution in [0.3, 0.4) is 0 Å². The number of methoxy groups -OCH3 is 1. The minimum absolute atomic E-state index is 0.00956. The monoisotopic (exact) mass is 411 g/mol. The first-order valence-corrected chi connectivity index (χ1v) is 10.5. The highest BCUT2D eigenvalue weighted by Gasteiger charge is 2.46. The molecule has 0 radical (unpaired) electrons. The van der Waals surface area contributed by atoms with E-state index < -0.39 is 5.91 Å². The first-order chi connectivity index (χ1) is 14.0. The summed E-state index contributed by atoms with van der Waals surface area (Å²) in [4.78, 5) is 20.9. The maximum atomic E-state index is 12.5. The van der Waals surface area contributed by atoms with Gasteiger partial charge in [0.25, 0.3) is 5.91 Å². The van der Waals surface area contributed by atoms with E-state index in [1.165, 1.54) is 43.6 Å². The minimum atomic E-state index is -0.543. The molecule has 0 unspecified atom stereocenters. The number of nitrogens with one attached hydrogen (secondary N) is 1. The van der Waals surface area contributed by atoms with Gasteiger partial charge >= 0.3 is 0 Å². The number of hydrogen-bond donors (Lipinski definition) is 2. The second kappa shape index (κ2) is 6.88. The van der Waals surface area contributed by atoms with Gasteiger partial charge < -0.3 is 14.6 Å². The van der Waals surface area contributed by atoms with Crippen molar-refractivity contribution in [2.24, 2.45) is 5.92 Å². The quantitative estimate of drug-likeness (QED) is 0.648. The van der Waals surface area contributed by atoms with Crippen LogP contribution in [0, 0.1) is 5.92 Å². The van der Waals surface area contributed by atoms with Gasteiger partial charge in [-0.2, -0.15) is 0 Å². The predicted octanol–water partition coefficient (Wildman–Crippen LogP) is 4.37. The van der Waals surface area contributed by atoms with Crippen LogP contribution in [0.15, 0.2) is 30.5 Å². The van der Waals surface area contributed by atoms with Crippen LogP contribution < -0.4 is 14.8 Å². The fraction of sp³-hybridized carbons (Fsp3) is 0.381. The Kier molecular flexibility index (Phi) is 4.31. The van der Waals surface area contributed by atoms with Crippen molar-refractivity contribution >= 4 is 32.6 Å². The second-order valence-corrected chi connectivity index (χ2v) is 8.78. The molecule has 3 aromatic rings. The molecule has 2 aromatic heterocycles. The summed E-state index contributed by atoms with van der Waals surface area (Å²) in [5, 5.41) is 13.3. The lowest BCUT2D eigenvalue weighted by Crippen LogP contribution is -2.30. The Morgan fingerprint density at radius 2 is 2.14 bits per heavy atom. The lowest BCUT2D eigenvalue weighted by Gasteiger charge is -2.28. The van der Waals surface area contributed by atoms with Gasteiger partial charge in [-0.1, -0.05) is 11.3 Å². The summed E-state index contributed by atoms with van der Waals surface area (Å²) in [5.41, 5.74) is 0.688. The van der Waals surface area contributed by atoms with Crippen molar-refractivity contribution in [3.05, 3.63) is 36.2 Å². The summed E-state index contributed by atoms with van der Waals surface area (Å²) in [6.45, 7) is 0. The number of aromatic nitrogens is 2. The lowest BCUT2D eigenvalue weighted by atomic mass is 9.97. The predicted molar refractivity (Wildman–Crippen MR) is 110 cm³/mol. The van der Waals surface area contributed by atoms with Crippen LogP contribution in [0.25, 0.3) is 10.2 Å². The topological polar surface area (TPSA) is 93.6 Å². The number of carbonyl (C=O) groups is 1. The number of amides is 1. The third-order valence-electron chi connectivity index (χ3n) is 5.91. The molecule has 2 N–H and O–H groups in total. The van der Waals surface area contributed by atoms with Crippen molar-refractivity contribution in [1.29, 1.82) is 0 Å². The van der Waals surface area contributed by atoms with Crippen molar-refractivity contribution in [3.63, 3.8) is 0 Å². The van der Waals surface area contributed by atoms with Gasteiger partial charge in [0, 0.05) is 12.3 Å². The number of aromatic hydroxyl groups is 1. The Labute approximate surface area is 171 Å². The van der Waals surface area contributed by atoms with Crippen LogP contribution in [0.5, 0.6) is 17.2 Å². The van der Waals surface area contributed by atoms with Crippen LogP contribution in [0.4, 0.5) is 5.13 Å². The third kappa shape index (κ3) is 3.27. The number of nitrogens with zero attached hydrogens (tertiary/aromatic N) is 2. The molecule has 2 saturated carbocycles. The third-order valence-corrected chi connectivity index (χ3v) is 6.85. The molecule has 2 aliphatic rings. The smallest absolute Gasteiger partial charge is 0.280 e. The van der Waals surface area contributed by atoms with Gasteiger partial charge in [-0.25, -0.2) is 9.97 Å². The number of anilines is 1. The van der Waals surface area contributed by atoms with E-state index >= 15 is 0 Å². The number of hydrogen-bond acceptors (Lipinski definition) is 7. The number of thiazole rings is 1. The number of benzene rings is 1. The molecular formula is C21H21N3O4S. The first kappa shape index (κ1) is 18.2. The highest BCUT2D eigenvalue weighted by molar-refractivity contribution is 7.22. The maximum absolute atomic E-state index is 12.5. The summed E-state index contributed by atoms with van der Waals surface area (Å²) in [5.74, 6) is 1.03. The molecule has 0 atom stereocenters. The summed E-state index contributed by atoms with van der Waals surface area (Å²) in [6.07, 6.45) is 7.37. The molecule has 29 heavy (non-hydrogen) atoms. The molecule has 0 aliphatic heterocycles. The van der Waals surface area contributed by atoms with Crippen molar-refractivity contribution in [2.45, 2.75) is 37.7 Å². The van der Waals surface area contributed by atoms with E-state index in [0.717, 1.165) is 41.1 Å². The van der Waals surface area contributed by atoms with Gasteiger partial charge in [0.2, 0.25) is 0 Å². The highest BCUT2D eigenvalue weighted by Crippen LogP contribution is 2.50. The maximum Gasteiger partial charge on any atom is 0.280 e. The molecular weight excluding hydrogens is 390 g/mol. The van der Waals surface area contributed by atoms with Gasteiger partial charge in [0.1, 0.15) is 11.4 Å². The van der Waals surface area contributed by atoms with Gasteiger partial charge in [-0.05, 0) is 56.2 Å². The van der Waals surface area contributed by atoms with Gasteiger partial charge in [0.15, 0.2) is 22.3 Å². The van der Waals surface area contributed by atoms with E-state index in [-0.39, 0.29) is 22.8 Å². The van der Waals surface area contributed by atoms with E-state index in [2.05, 4.69) is 15.3 Å². The molecule has 5 rings (SSSR count). The zero-order chi connectivity index (χ0) is 20.0. The average molecular weight is 411 g/mol. The molecule has 8 heteroatoms. The van der Waals surface area contributed by atoms with Gasteiger partial charge in [0.05, 0.1) is 17.3 Å². The molecule has 0 saturated heterocycles. The first-order valence-electron chi connectivity index (χ1n) is 9.68. The molecule has 1 amide bonds. The highest BCUT2D eigenvalue weighted by atomic mass is 32.1. The number of rotatable bonds is 5. The van der Waals surface area contributed by atoms with Crippen LogP contribution in [0.1, 0.15) is 42.6 Å². The van der Waals surface area contributed by atoms with Crippen molar-refractivity contribution in [3.8, 4) is 17.2 Å². The molecule has 2 fully saturated rings. The summed E-state index contributed by atoms with van der Waals surface area (Å²) < 4.78 is 12.4. The van der Waals surface area contributed by atoms with Gasteiger partial charge in [-0.15, -0.1) is 0 Å². The van der Waals surface area contributed by atoms with E-state index in [9.17, 15) is 9.90 Å². The molecule has 150 valence electrons. The summed E-state index contributed by atoms with van der Waals surface area (Å²) in [6, 6.07) is 7.34. The Bertz CT molecular complexity index is 1090. The fourth-order valence-corrected chi connectivity index (χ4v) is 5.37. The van der Waals surface area contributed by atoms with Crippen LogP contribution in [-0.2, 0) is 0 Å². The minimum Gasteiger partial charge on any atom is -0.503 e. The Morgan fingerprint density at radius 3 is 2.86 bits per heavy atom. The standard InChI is InChI=1S/C21H21N3O4S/c1-27-15-6-9-22-17(18(15)25)19(26)24-20-23-14-3-2-13(10-16(14)29-20)28-21-7-4-12(11-21)5-8-21/h2-3,6,9-10,12,25H,4-5,7-8,11H2,1H3,(H,23,24,26). The zero-order valence-electron chi connectivity index (χ0n) is 16.0. The molecule has 2 bridgehead atoms. The van der Waals surface area contributed by atoms with E-state index in [4.69, 9.17) is 9.47 Å². The van der Waals surface area contributed by atoms with E-state index in [1.54, 1.807) is 0 Å². The molecule has 0 spiro atoms. The molecule has 2 aliphatic carbocycles. The van der Waals surface area contributed by atoms with Crippen LogP contribution in [0.2, 0.25) is 0 Å². The van der Waals surface area contributed by atoms with Crippen molar-refractivity contribution in [1.82, 2.24) is 9.97 Å². The lowest BCUT2D eigenvalue weighted by molar-refractivity contribution is 0.0805. The Morgan fingerprint density at radius 1 is 1.31 bits per heavy atom. The van der Waals surface area contributed by atoms with E-state index in [1.807, 2.05) is 18.2 Å². The zero-order valence-corrected chi connectivity index (χ0v) is 16.8. The molecule has 7 nitrogen and oxygen atoms in total. The largest absolute Gasteiger partial charge is 0.503 e. The SMILES string of the molecule is COc1ccnc(C(=O)Nc2nc3ccc(OC45CCC(CC4)C5)cc3s2)c1O. The summed E-state index contributed by atoms with van der Waals surface area (Å²) >= 11 is 1.36. The summed E-state index contributed by atoms with van der Waals surface area (Å²) in [7, 11) is 1.42. The Hall–Kier alpha value is -2.87.